The maximum Gasteiger partial charge on any atom is 0.0717 e. The van der Waals surface area contributed by atoms with Crippen LogP contribution in [-0.4, -0.2) is 7.85 Å². The van der Waals surface area contributed by atoms with Crippen molar-refractivity contribution in [3.05, 3.63) is 28.4 Å². The molecule has 0 bridgehead atoms. The first kappa shape index (κ1) is 10.6. The standard InChI is InChI=1S/C7H4BI3/c8-3-4-1-5(9)2-6(10)7(4)11/h1-2H,3H2. The van der Waals surface area contributed by atoms with E-state index in [9.17, 15) is 0 Å². The second-order valence-corrected chi connectivity index (χ2v) is 5.55. The van der Waals surface area contributed by atoms with Crippen LogP contribution in [0.5, 0.6) is 0 Å². The zero-order chi connectivity index (χ0) is 8.43. The van der Waals surface area contributed by atoms with Gasteiger partial charge in [0.15, 0.2) is 0 Å². The summed E-state index contributed by atoms with van der Waals surface area (Å²) in [5.74, 6) is 0. The van der Waals surface area contributed by atoms with E-state index in [4.69, 9.17) is 7.85 Å². The second kappa shape index (κ2) is 4.64. The number of hydrogen-bond acceptors (Lipinski definition) is 0. The Hall–Kier alpha value is 1.47. The van der Waals surface area contributed by atoms with Gasteiger partial charge in [-0.05, 0) is 85.5 Å². The molecule has 0 saturated heterocycles. The van der Waals surface area contributed by atoms with Gasteiger partial charge in [0.1, 0.15) is 0 Å². The van der Waals surface area contributed by atoms with Crippen molar-refractivity contribution in [3.8, 4) is 0 Å². The van der Waals surface area contributed by atoms with Gasteiger partial charge < -0.3 is 0 Å². The Labute approximate surface area is 109 Å². The van der Waals surface area contributed by atoms with Crippen LogP contribution in [-0.2, 0) is 6.32 Å². The molecule has 0 atom stereocenters. The average Bonchev–Trinajstić information content (AvgIpc) is 1.96. The van der Waals surface area contributed by atoms with Gasteiger partial charge in [-0.2, -0.15) is 0 Å². The highest BCUT2D eigenvalue weighted by molar-refractivity contribution is 14.1. The van der Waals surface area contributed by atoms with Gasteiger partial charge >= 0.3 is 0 Å². The predicted octanol–water partition coefficient (Wildman–Crippen LogP) is 3.17. The van der Waals surface area contributed by atoms with E-state index in [0.29, 0.717) is 6.32 Å². The fraction of sp³-hybridized carbons (Fsp3) is 0.143. The Kier molecular flexibility index (Phi) is 4.45. The van der Waals surface area contributed by atoms with Crippen molar-refractivity contribution in [2.75, 3.05) is 0 Å². The first-order valence-corrected chi connectivity index (χ1v) is 6.22. The minimum atomic E-state index is 0.630. The van der Waals surface area contributed by atoms with Gasteiger partial charge in [-0.15, -0.1) is 0 Å². The SMILES string of the molecule is [B]Cc1cc(I)cc(I)c1I. The summed E-state index contributed by atoms with van der Waals surface area (Å²) in [6, 6.07) is 4.28. The summed E-state index contributed by atoms with van der Waals surface area (Å²) >= 11 is 6.97. The van der Waals surface area contributed by atoms with Crippen molar-refractivity contribution < 1.29 is 0 Å². The predicted molar refractivity (Wildman–Crippen MR) is 74.1 cm³/mol. The summed E-state index contributed by atoms with van der Waals surface area (Å²) in [6.45, 7) is 0. The van der Waals surface area contributed by atoms with E-state index in [1.165, 1.54) is 16.3 Å². The zero-order valence-electron chi connectivity index (χ0n) is 5.57. The topological polar surface area (TPSA) is 0 Å². The molecule has 0 aromatic heterocycles. The molecule has 0 N–H and O–H groups in total. The molecule has 0 aliphatic rings. The minimum absolute atomic E-state index is 0.630. The average molecular weight is 480 g/mol. The Balaban J connectivity index is 3.24. The third-order valence-corrected chi connectivity index (χ3v) is 5.07. The molecule has 0 spiro atoms. The van der Waals surface area contributed by atoms with Crippen molar-refractivity contribution in [2.45, 2.75) is 6.32 Å². The Morgan fingerprint density at radius 3 is 2.36 bits per heavy atom. The van der Waals surface area contributed by atoms with E-state index >= 15 is 0 Å². The summed E-state index contributed by atoms with van der Waals surface area (Å²) in [5.41, 5.74) is 1.24. The molecule has 0 saturated carbocycles. The lowest BCUT2D eigenvalue weighted by molar-refractivity contribution is 1.33. The van der Waals surface area contributed by atoms with Crippen molar-refractivity contribution in [3.63, 3.8) is 0 Å². The molecular weight excluding hydrogens is 476 g/mol. The lowest BCUT2D eigenvalue weighted by Gasteiger charge is -2.04. The van der Waals surface area contributed by atoms with Crippen LogP contribution in [0.3, 0.4) is 0 Å². The molecular formula is C7H4BI3. The van der Waals surface area contributed by atoms with Crippen LogP contribution in [0, 0.1) is 10.7 Å². The lowest BCUT2D eigenvalue weighted by atomic mass is 9.97. The normalized spacial score (nSPS) is 10.1. The van der Waals surface area contributed by atoms with Crippen molar-refractivity contribution in [1.29, 1.82) is 0 Å². The molecule has 11 heavy (non-hydrogen) atoms. The molecule has 0 aliphatic heterocycles. The quantitative estimate of drug-likeness (QED) is 0.330. The largest absolute Gasteiger partial charge is 0.0717 e. The van der Waals surface area contributed by atoms with Crippen LogP contribution in [0.2, 0.25) is 0 Å². The molecule has 0 heterocycles. The van der Waals surface area contributed by atoms with E-state index in [0.717, 1.165) is 0 Å². The molecule has 0 nitrogen and oxygen atoms in total. The van der Waals surface area contributed by atoms with E-state index in [-0.39, 0.29) is 0 Å². The number of benzene rings is 1. The Bertz CT molecular complexity index is 273. The van der Waals surface area contributed by atoms with E-state index in [1.807, 2.05) is 0 Å². The molecule has 2 radical (unpaired) electrons. The smallest absolute Gasteiger partial charge is 0.0632 e. The maximum absolute atomic E-state index is 5.58. The lowest BCUT2D eigenvalue weighted by Crippen LogP contribution is -1.93. The molecule has 0 unspecified atom stereocenters. The van der Waals surface area contributed by atoms with Crippen molar-refractivity contribution >= 4 is 75.6 Å². The van der Waals surface area contributed by atoms with Gasteiger partial charge in [-0.1, -0.05) is 6.32 Å². The molecule has 1 rings (SSSR count). The van der Waals surface area contributed by atoms with Crippen LogP contribution in [0.25, 0.3) is 0 Å². The highest BCUT2D eigenvalue weighted by Crippen LogP contribution is 2.22. The minimum Gasteiger partial charge on any atom is -0.0632 e. The molecule has 0 aliphatic carbocycles. The van der Waals surface area contributed by atoms with Crippen LogP contribution in [0.4, 0.5) is 0 Å². The summed E-state index contributed by atoms with van der Waals surface area (Å²) in [6.07, 6.45) is 0.630. The number of rotatable bonds is 1. The summed E-state index contributed by atoms with van der Waals surface area (Å²) in [5, 5.41) is 0. The molecule has 1 aromatic carbocycles. The number of hydrogen-bond donors (Lipinski definition) is 0. The van der Waals surface area contributed by atoms with Crippen LogP contribution >= 0.6 is 67.8 Å². The third kappa shape index (κ3) is 2.72. The van der Waals surface area contributed by atoms with E-state index in [2.05, 4.69) is 79.9 Å². The number of halogens is 3. The van der Waals surface area contributed by atoms with E-state index < -0.39 is 0 Å². The molecule has 56 valence electrons. The van der Waals surface area contributed by atoms with E-state index in [1.54, 1.807) is 0 Å². The Morgan fingerprint density at radius 1 is 1.18 bits per heavy atom. The van der Waals surface area contributed by atoms with Crippen LogP contribution in [0.1, 0.15) is 5.56 Å². The highest BCUT2D eigenvalue weighted by atomic mass is 127. The second-order valence-electron chi connectivity index (χ2n) is 2.06. The monoisotopic (exact) mass is 480 g/mol. The highest BCUT2D eigenvalue weighted by Gasteiger charge is 2.02. The summed E-state index contributed by atoms with van der Waals surface area (Å²) < 4.78 is 3.83. The zero-order valence-corrected chi connectivity index (χ0v) is 12.0. The fourth-order valence-electron chi connectivity index (χ4n) is 0.758. The van der Waals surface area contributed by atoms with Crippen molar-refractivity contribution in [1.82, 2.24) is 0 Å². The Morgan fingerprint density at radius 2 is 1.82 bits per heavy atom. The first-order valence-electron chi connectivity index (χ1n) is 2.98. The first-order chi connectivity index (χ1) is 5.15. The van der Waals surface area contributed by atoms with Crippen LogP contribution < -0.4 is 0 Å². The fourth-order valence-corrected chi connectivity index (χ4v) is 3.25. The third-order valence-electron chi connectivity index (χ3n) is 1.29. The molecule has 1 aromatic rings. The maximum atomic E-state index is 5.58. The van der Waals surface area contributed by atoms with Gasteiger partial charge in [-0.25, -0.2) is 0 Å². The van der Waals surface area contributed by atoms with Gasteiger partial charge in [0, 0.05) is 10.7 Å². The van der Waals surface area contributed by atoms with Gasteiger partial charge in [0.05, 0.1) is 7.85 Å². The van der Waals surface area contributed by atoms with Crippen molar-refractivity contribution in [2.24, 2.45) is 0 Å². The summed E-state index contributed by atoms with van der Waals surface area (Å²) in [4.78, 5) is 0. The van der Waals surface area contributed by atoms with Gasteiger partial charge in [-0.3, -0.25) is 0 Å². The van der Waals surface area contributed by atoms with Gasteiger partial charge in [0.25, 0.3) is 0 Å². The molecule has 0 fully saturated rings. The summed E-state index contributed by atoms with van der Waals surface area (Å²) in [7, 11) is 5.58. The van der Waals surface area contributed by atoms with Gasteiger partial charge in [0.2, 0.25) is 0 Å². The van der Waals surface area contributed by atoms with Crippen LogP contribution in [0.15, 0.2) is 12.1 Å². The molecule has 0 amide bonds. The molecule has 4 heteroatoms.